The molecule has 0 aromatic carbocycles. The lowest BCUT2D eigenvalue weighted by Gasteiger charge is -2.44. The highest BCUT2D eigenvalue weighted by Crippen LogP contribution is 2.26. The lowest BCUT2D eigenvalue weighted by molar-refractivity contribution is 0.0779. The molecule has 4 heteroatoms. The number of hydrogen-bond acceptors (Lipinski definition) is 4. The summed E-state index contributed by atoms with van der Waals surface area (Å²) < 4.78 is 0. The average Bonchev–Trinajstić information content (AvgIpc) is 2.39. The highest BCUT2D eigenvalue weighted by Gasteiger charge is 2.36. The molecule has 0 saturated carbocycles. The molecule has 1 fully saturated rings. The molecule has 0 aromatic rings. The summed E-state index contributed by atoms with van der Waals surface area (Å²) in [7, 11) is 0. The maximum Gasteiger partial charge on any atom is 0.109 e. The zero-order valence-corrected chi connectivity index (χ0v) is 9.97. The third kappa shape index (κ3) is 2.18. The minimum absolute atomic E-state index is 0.0369. The predicted molar refractivity (Wildman–Crippen MR) is 66.3 cm³/mol. The van der Waals surface area contributed by atoms with E-state index in [1.54, 1.807) is 6.34 Å². The second kappa shape index (κ2) is 5.06. The number of likely N-dealkylation sites (tertiary alicyclic amines) is 1. The van der Waals surface area contributed by atoms with Gasteiger partial charge in [-0.3, -0.25) is 9.89 Å². The van der Waals surface area contributed by atoms with E-state index in [1.165, 1.54) is 0 Å². The van der Waals surface area contributed by atoms with Crippen molar-refractivity contribution in [1.29, 1.82) is 0 Å². The Morgan fingerprint density at radius 2 is 2.19 bits per heavy atom. The third-order valence-corrected chi connectivity index (χ3v) is 3.94. The number of aliphatic hydroxyl groups excluding tert-OH is 1. The van der Waals surface area contributed by atoms with Crippen molar-refractivity contribution >= 4 is 12.6 Å². The van der Waals surface area contributed by atoms with E-state index in [0.717, 1.165) is 38.9 Å². The molecule has 1 atom stereocenters. The Hall–Kier alpha value is -0.740. The van der Waals surface area contributed by atoms with Gasteiger partial charge in [0.05, 0.1) is 12.1 Å². The fourth-order valence-corrected chi connectivity index (χ4v) is 2.63. The average molecular weight is 223 g/mol. The van der Waals surface area contributed by atoms with Crippen LogP contribution >= 0.6 is 0 Å². The Kier molecular flexibility index (Phi) is 3.71. The maximum atomic E-state index is 9.14. The molecule has 16 heavy (non-hydrogen) atoms. The van der Waals surface area contributed by atoms with Gasteiger partial charge in [-0.15, -0.1) is 0 Å². The molecule has 4 nitrogen and oxygen atoms in total. The van der Waals surface area contributed by atoms with Gasteiger partial charge in [0.2, 0.25) is 0 Å². The summed E-state index contributed by atoms with van der Waals surface area (Å²) in [6.07, 6.45) is 6.94. The molecule has 2 aliphatic heterocycles. The molecule has 2 rings (SSSR count). The topological polar surface area (TPSA) is 48.2 Å². The Bertz CT molecular complexity index is 282. The summed E-state index contributed by atoms with van der Waals surface area (Å²) in [5, 5.41) is 9.14. The smallest absolute Gasteiger partial charge is 0.109 e. The molecule has 0 spiro atoms. The summed E-state index contributed by atoms with van der Waals surface area (Å²) in [6, 6.07) is 0. The molecular formula is C12H21N3O. The Labute approximate surface area is 97.1 Å². The molecule has 90 valence electrons. The zero-order valence-electron chi connectivity index (χ0n) is 9.97. The van der Waals surface area contributed by atoms with Crippen molar-refractivity contribution in [1.82, 2.24) is 4.90 Å². The van der Waals surface area contributed by atoms with Gasteiger partial charge >= 0.3 is 0 Å². The standard InChI is InChI=1S/C12H21N3O/c1-2-12(8-13-10-14-9-12)15-5-3-11(7-16)4-6-15/h8,10-11,16H,2-7,9H2,1H3. The van der Waals surface area contributed by atoms with Gasteiger partial charge in [0.25, 0.3) is 0 Å². The first-order valence-electron chi connectivity index (χ1n) is 6.19. The van der Waals surface area contributed by atoms with E-state index in [4.69, 9.17) is 5.11 Å². The van der Waals surface area contributed by atoms with Crippen LogP contribution in [0.15, 0.2) is 9.98 Å². The number of aliphatic imine (C=N–C) groups is 2. The van der Waals surface area contributed by atoms with E-state index in [1.807, 2.05) is 0 Å². The van der Waals surface area contributed by atoms with Crippen molar-refractivity contribution in [2.24, 2.45) is 15.9 Å². The summed E-state index contributed by atoms with van der Waals surface area (Å²) in [6.45, 7) is 5.47. The van der Waals surface area contributed by atoms with Crippen molar-refractivity contribution in [3.8, 4) is 0 Å². The van der Waals surface area contributed by atoms with E-state index in [0.29, 0.717) is 12.5 Å². The van der Waals surface area contributed by atoms with Gasteiger partial charge in [-0.25, -0.2) is 4.99 Å². The first-order chi connectivity index (χ1) is 7.80. The second-order valence-electron chi connectivity index (χ2n) is 4.80. The van der Waals surface area contributed by atoms with Crippen molar-refractivity contribution < 1.29 is 5.11 Å². The molecule has 0 aromatic heterocycles. The SMILES string of the molecule is CCC1(N2CCC(CO)CC2)C=NC=NC1. The maximum absolute atomic E-state index is 9.14. The van der Waals surface area contributed by atoms with E-state index in [2.05, 4.69) is 28.0 Å². The van der Waals surface area contributed by atoms with Gasteiger partial charge in [0, 0.05) is 12.8 Å². The van der Waals surface area contributed by atoms with E-state index in [-0.39, 0.29) is 5.54 Å². The van der Waals surface area contributed by atoms with E-state index in [9.17, 15) is 0 Å². The van der Waals surface area contributed by atoms with Crippen molar-refractivity contribution in [2.45, 2.75) is 31.7 Å². The molecule has 0 radical (unpaired) electrons. The monoisotopic (exact) mass is 223 g/mol. The number of piperidine rings is 1. The zero-order chi connectivity index (χ0) is 11.4. The minimum atomic E-state index is 0.0369. The van der Waals surface area contributed by atoms with E-state index < -0.39 is 0 Å². The fourth-order valence-electron chi connectivity index (χ4n) is 2.63. The first-order valence-corrected chi connectivity index (χ1v) is 6.19. The quantitative estimate of drug-likeness (QED) is 0.774. The molecule has 0 bridgehead atoms. The van der Waals surface area contributed by atoms with Gasteiger partial charge < -0.3 is 5.11 Å². The lowest BCUT2D eigenvalue weighted by atomic mass is 9.89. The number of aliphatic hydroxyl groups is 1. The van der Waals surface area contributed by atoms with Crippen LogP contribution in [0.1, 0.15) is 26.2 Å². The molecule has 0 amide bonds. The van der Waals surface area contributed by atoms with Crippen molar-refractivity contribution in [2.75, 3.05) is 26.2 Å². The fraction of sp³-hybridized carbons (Fsp3) is 0.833. The summed E-state index contributed by atoms with van der Waals surface area (Å²) in [4.78, 5) is 11.0. The summed E-state index contributed by atoms with van der Waals surface area (Å²) in [5.41, 5.74) is 0.0369. The van der Waals surface area contributed by atoms with Crippen LogP contribution in [0, 0.1) is 5.92 Å². The number of rotatable bonds is 3. The Morgan fingerprint density at radius 3 is 2.69 bits per heavy atom. The number of hydrogen-bond donors (Lipinski definition) is 1. The second-order valence-corrected chi connectivity index (χ2v) is 4.80. The third-order valence-electron chi connectivity index (χ3n) is 3.94. The van der Waals surface area contributed by atoms with Gasteiger partial charge in [0.15, 0.2) is 0 Å². The van der Waals surface area contributed by atoms with Crippen LogP contribution in [0.3, 0.4) is 0 Å². The Balaban J connectivity index is 2.01. The van der Waals surface area contributed by atoms with Gasteiger partial charge in [-0.05, 0) is 38.3 Å². The molecular weight excluding hydrogens is 202 g/mol. The highest BCUT2D eigenvalue weighted by atomic mass is 16.3. The molecule has 2 aliphatic rings. The largest absolute Gasteiger partial charge is 0.396 e. The highest BCUT2D eigenvalue weighted by molar-refractivity contribution is 5.82. The van der Waals surface area contributed by atoms with Crippen LogP contribution in [0.5, 0.6) is 0 Å². The van der Waals surface area contributed by atoms with Crippen LogP contribution in [-0.4, -0.2) is 54.3 Å². The van der Waals surface area contributed by atoms with Crippen LogP contribution in [0.4, 0.5) is 0 Å². The van der Waals surface area contributed by atoms with Crippen LogP contribution in [0.25, 0.3) is 0 Å². The molecule has 0 aliphatic carbocycles. The van der Waals surface area contributed by atoms with Crippen LogP contribution < -0.4 is 0 Å². The molecule has 1 N–H and O–H groups in total. The molecule has 1 saturated heterocycles. The minimum Gasteiger partial charge on any atom is -0.396 e. The van der Waals surface area contributed by atoms with Crippen LogP contribution in [-0.2, 0) is 0 Å². The van der Waals surface area contributed by atoms with Crippen molar-refractivity contribution in [3.05, 3.63) is 0 Å². The van der Waals surface area contributed by atoms with Gasteiger partial charge in [0.1, 0.15) is 6.34 Å². The van der Waals surface area contributed by atoms with Crippen molar-refractivity contribution in [3.63, 3.8) is 0 Å². The summed E-state index contributed by atoms with van der Waals surface area (Å²) in [5.74, 6) is 0.495. The summed E-state index contributed by atoms with van der Waals surface area (Å²) >= 11 is 0. The molecule has 1 unspecified atom stereocenters. The predicted octanol–water partition coefficient (Wildman–Crippen LogP) is 0.952. The van der Waals surface area contributed by atoms with Gasteiger partial charge in [-0.1, -0.05) is 6.92 Å². The van der Waals surface area contributed by atoms with E-state index >= 15 is 0 Å². The Morgan fingerprint density at radius 1 is 1.44 bits per heavy atom. The number of nitrogens with zero attached hydrogens (tertiary/aromatic N) is 3. The first kappa shape index (κ1) is 11.7. The van der Waals surface area contributed by atoms with Crippen LogP contribution in [0.2, 0.25) is 0 Å². The lowest BCUT2D eigenvalue weighted by Crippen LogP contribution is -2.55. The normalized spacial score (nSPS) is 32.1. The molecule has 2 heterocycles. The van der Waals surface area contributed by atoms with Gasteiger partial charge in [-0.2, -0.15) is 0 Å².